The molecule has 0 spiro atoms. The Morgan fingerprint density at radius 3 is 2.65 bits per heavy atom. The summed E-state index contributed by atoms with van der Waals surface area (Å²) in [4.78, 5) is 0. The van der Waals surface area contributed by atoms with E-state index in [-0.39, 0.29) is 11.9 Å². The maximum atomic E-state index is 13.4. The Morgan fingerprint density at radius 2 is 2.00 bits per heavy atom. The van der Waals surface area contributed by atoms with Gasteiger partial charge in [0.2, 0.25) is 0 Å². The third-order valence-electron chi connectivity index (χ3n) is 3.73. The van der Waals surface area contributed by atoms with Gasteiger partial charge in [0.05, 0.1) is 6.04 Å². The summed E-state index contributed by atoms with van der Waals surface area (Å²) in [6, 6.07) is 4.93. The average molecular weight is 277 g/mol. The molecule has 0 saturated carbocycles. The van der Waals surface area contributed by atoms with Crippen LogP contribution in [-0.4, -0.2) is 6.54 Å². The number of halogens is 1. The number of hydrogen-bond acceptors (Lipinski definition) is 2. The lowest BCUT2D eigenvalue weighted by Crippen LogP contribution is -2.21. The highest BCUT2D eigenvalue weighted by molar-refractivity contribution is 5.82. The van der Waals surface area contributed by atoms with Gasteiger partial charge in [0.15, 0.2) is 0 Å². The molecule has 3 heteroatoms. The molecular weight excluding hydrogens is 253 g/mol. The lowest BCUT2D eigenvalue weighted by Gasteiger charge is -2.17. The van der Waals surface area contributed by atoms with Crippen molar-refractivity contribution in [2.24, 2.45) is 5.92 Å². The Bertz CT molecular complexity index is 574. The summed E-state index contributed by atoms with van der Waals surface area (Å²) < 4.78 is 19.3. The summed E-state index contributed by atoms with van der Waals surface area (Å²) >= 11 is 0. The van der Waals surface area contributed by atoms with Gasteiger partial charge >= 0.3 is 0 Å². The molecule has 0 aliphatic carbocycles. The van der Waals surface area contributed by atoms with Crippen LogP contribution in [0.25, 0.3) is 11.0 Å². The minimum Gasteiger partial charge on any atom is -0.459 e. The van der Waals surface area contributed by atoms with Gasteiger partial charge < -0.3 is 9.73 Å². The third kappa shape index (κ3) is 3.21. The Balaban J connectivity index is 2.34. The number of benzene rings is 1. The first kappa shape index (κ1) is 15.0. The van der Waals surface area contributed by atoms with Crippen molar-refractivity contribution in [3.8, 4) is 0 Å². The van der Waals surface area contributed by atoms with E-state index in [1.807, 2.05) is 6.92 Å². The quantitative estimate of drug-likeness (QED) is 0.806. The zero-order valence-electron chi connectivity index (χ0n) is 12.8. The second kappa shape index (κ2) is 6.40. The first-order valence-electron chi connectivity index (χ1n) is 7.44. The van der Waals surface area contributed by atoms with E-state index < -0.39 is 0 Å². The van der Waals surface area contributed by atoms with Crippen molar-refractivity contribution < 1.29 is 8.81 Å². The van der Waals surface area contributed by atoms with Crippen molar-refractivity contribution in [2.75, 3.05) is 6.54 Å². The fourth-order valence-electron chi connectivity index (χ4n) is 2.62. The van der Waals surface area contributed by atoms with Crippen LogP contribution < -0.4 is 5.32 Å². The number of hydrogen-bond donors (Lipinski definition) is 1. The molecule has 20 heavy (non-hydrogen) atoms. The molecule has 2 nitrogen and oxygen atoms in total. The van der Waals surface area contributed by atoms with Gasteiger partial charge in [-0.25, -0.2) is 4.39 Å². The Labute approximate surface area is 120 Å². The van der Waals surface area contributed by atoms with E-state index in [0.29, 0.717) is 5.92 Å². The van der Waals surface area contributed by atoms with Crippen LogP contribution in [0.4, 0.5) is 4.39 Å². The number of fused-ring (bicyclic) bond motifs is 1. The number of nitrogens with one attached hydrogen (secondary N) is 1. The van der Waals surface area contributed by atoms with Crippen molar-refractivity contribution in [3.63, 3.8) is 0 Å². The van der Waals surface area contributed by atoms with E-state index in [1.54, 1.807) is 12.1 Å². The number of aryl methyl sites for hydroxylation is 1. The van der Waals surface area contributed by atoms with E-state index in [4.69, 9.17) is 4.42 Å². The van der Waals surface area contributed by atoms with Gasteiger partial charge in [-0.3, -0.25) is 0 Å². The van der Waals surface area contributed by atoms with Crippen LogP contribution in [0.1, 0.15) is 51.0 Å². The second-order valence-electron chi connectivity index (χ2n) is 5.81. The monoisotopic (exact) mass is 277 g/mol. The molecule has 1 aromatic heterocycles. The van der Waals surface area contributed by atoms with Crippen LogP contribution in [0.5, 0.6) is 0 Å². The zero-order chi connectivity index (χ0) is 14.7. The van der Waals surface area contributed by atoms with Crippen molar-refractivity contribution in [2.45, 2.75) is 46.6 Å². The maximum absolute atomic E-state index is 13.4. The minimum atomic E-state index is -0.213. The molecule has 0 aliphatic rings. The molecule has 0 amide bonds. The molecule has 1 atom stereocenters. The van der Waals surface area contributed by atoms with Crippen molar-refractivity contribution >= 4 is 11.0 Å². The fourth-order valence-corrected chi connectivity index (χ4v) is 2.62. The van der Waals surface area contributed by atoms with Gasteiger partial charge in [-0.1, -0.05) is 20.8 Å². The summed E-state index contributed by atoms with van der Waals surface area (Å²) in [6.45, 7) is 9.46. The minimum absolute atomic E-state index is 0.206. The first-order chi connectivity index (χ1) is 9.52. The maximum Gasteiger partial charge on any atom is 0.134 e. The zero-order valence-corrected chi connectivity index (χ0v) is 12.8. The molecule has 1 heterocycles. The predicted molar refractivity (Wildman–Crippen MR) is 81.4 cm³/mol. The highest BCUT2D eigenvalue weighted by Crippen LogP contribution is 2.32. The van der Waals surface area contributed by atoms with E-state index in [0.717, 1.165) is 41.7 Å². The van der Waals surface area contributed by atoms with Crippen LogP contribution in [0, 0.1) is 18.7 Å². The van der Waals surface area contributed by atoms with Gasteiger partial charge in [0, 0.05) is 10.9 Å². The van der Waals surface area contributed by atoms with Crippen molar-refractivity contribution in [1.29, 1.82) is 0 Å². The molecule has 1 N–H and O–H groups in total. The Morgan fingerprint density at radius 1 is 1.25 bits per heavy atom. The molecule has 1 aromatic carbocycles. The molecule has 0 aliphatic heterocycles. The summed E-state index contributed by atoms with van der Waals surface area (Å²) in [6.07, 6.45) is 2.18. The highest BCUT2D eigenvalue weighted by Gasteiger charge is 2.20. The van der Waals surface area contributed by atoms with Gasteiger partial charge in [0.25, 0.3) is 0 Å². The van der Waals surface area contributed by atoms with Crippen LogP contribution in [0.3, 0.4) is 0 Å². The molecular formula is C17H24FNO. The van der Waals surface area contributed by atoms with Crippen LogP contribution >= 0.6 is 0 Å². The van der Waals surface area contributed by atoms with Crippen LogP contribution in [0.2, 0.25) is 0 Å². The number of furan rings is 1. The average Bonchev–Trinajstić information content (AvgIpc) is 2.72. The van der Waals surface area contributed by atoms with Crippen LogP contribution in [0.15, 0.2) is 22.6 Å². The van der Waals surface area contributed by atoms with Crippen molar-refractivity contribution in [1.82, 2.24) is 5.32 Å². The molecule has 2 aromatic rings. The molecule has 0 saturated heterocycles. The summed E-state index contributed by atoms with van der Waals surface area (Å²) in [5.74, 6) is 1.40. The third-order valence-corrected chi connectivity index (χ3v) is 3.73. The first-order valence-corrected chi connectivity index (χ1v) is 7.44. The summed E-state index contributed by atoms with van der Waals surface area (Å²) in [7, 11) is 0. The smallest absolute Gasteiger partial charge is 0.134 e. The van der Waals surface area contributed by atoms with Crippen molar-refractivity contribution in [3.05, 3.63) is 35.3 Å². The standard InChI is InChI=1S/C17H24FNO/c1-5-19-15(8-6-11(2)3)17-12(4)14-10-13(18)7-9-16(14)20-17/h7,9-11,15,19H,5-6,8H2,1-4H3. The van der Waals surface area contributed by atoms with Gasteiger partial charge in [-0.15, -0.1) is 0 Å². The molecule has 0 radical (unpaired) electrons. The lowest BCUT2D eigenvalue weighted by molar-refractivity contribution is 0.385. The van der Waals surface area contributed by atoms with E-state index in [2.05, 4.69) is 26.1 Å². The summed E-state index contributed by atoms with van der Waals surface area (Å²) in [5.41, 5.74) is 1.82. The molecule has 0 bridgehead atoms. The van der Waals surface area contributed by atoms with Gasteiger partial charge in [0.1, 0.15) is 17.2 Å². The molecule has 1 unspecified atom stereocenters. The second-order valence-corrected chi connectivity index (χ2v) is 5.81. The van der Waals surface area contributed by atoms with E-state index in [1.165, 1.54) is 6.07 Å². The lowest BCUT2D eigenvalue weighted by atomic mass is 9.99. The summed E-state index contributed by atoms with van der Waals surface area (Å²) in [5, 5.41) is 4.37. The normalized spacial score (nSPS) is 13.3. The van der Waals surface area contributed by atoms with E-state index in [9.17, 15) is 4.39 Å². The Hall–Kier alpha value is -1.35. The molecule has 0 fully saturated rings. The van der Waals surface area contributed by atoms with Gasteiger partial charge in [-0.2, -0.15) is 0 Å². The highest BCUT2D eigenvalue weighted by atomic mass is 19.1. The van der Waals surface area contributed by atoms with E-state index >= 15 is 0 Å². The number of rotatable bonds is 6. The predicted octanol–water partition coefficient (Wildman–Crippen LogP) is 4.97. The molecule has 2 rings (SSSR count). The molecule has 110 valence electrons. The SMILES string of the molecule is CCNC(CCC(C)C)c1oc2ccc(F)cc2c1C. The largest absolute Gasteiger partial charge is 0.459 e. The fraction of sp³-hybridized carbons (Fsp3) is 0.529. The topological polar surface area (TPSA) is 25.2 Å². The van der Waals surface area contributed by atoms with Crippen LogP contribution in [-0.2, 0) is 0 Å². The Kier molecular flexibility index (Phi) is 4.81. The van der Waals surface area contributed by atoms with Gasteiger partial charge in [-0.05, 0) is 50.4 Å².